The average Bonchev–Trinajstić information content (AvgIpc) is 3.13. The van der Waals surface area contributed by atoms with E-state index in [-0.39, 0.29) is 17.9 Å². The number of piperidine rings is 1. The molecule has 0 saturated carbocycles. The Morgan fingerprint density at radius 2 is 1.77 bits per heavy atom. The van der Waals surface area contributed by atoms with Crippen LogP contribution in [0.2, 0.25) is 0 Å². The summed E-state index contributed by atoms with van der Waals surface area (Å²) in [7, 11) is 0. The van der Waals surface area contributed by atoms with E-state index in [0.29, 0.717) is 12.6 Å². The van der Waals surface area contributed by atoms with Gasteiger partial charge in [0.05, 0.1) is 12.3 Å². The first-order chi connectivity index (χ1) is 14.7. The third-order valence-electron chi connectivity index (χ3n) is 6.01. The summed E-state index contributed by atoms with van der Waals surface area (Å²) >= 11 is 0. The second-order valence-corrected chi connectivity index (χ2v) is 9.93. The van der Waals surface area contributed by atoms with E-state index in [1.807, 2.05) is 25.3 Å². The molecule has 0 unspecified atom stereocenters. The molecule has 0 radical (unpaired) electrons. The third kappa shape index (κ3) is 5.31. The van der Waals surface area contributed by atoms with Crippen molar-refractivity contribution < 1.29 is 14.2 Å². The largest absolute Gasteiger partial charge is 0.493 e. The van der Waals surface area contributed by atoms with Gasteiger partial charge in [-0.1, -0.05) is 6.07 Å². The van der Waals surface area contributed by atoms with Gasteiger partial charge in [0, 0.05) is 48.0 Å². The minimum absolute atomic E-state index is 0.0619. The van der Waals surface area contributed by atoms with E-state index < -0.39 is 0 Å². The van der Waals surface area contributed by atoms with Crippen LogP contribution in [-0.2, 0) is 13.1 Å². The normalized spacial score (nSPS) is 19.5. The van der Waals surface area contributed by atoms with E-state index in [0.717, 1.165) is 54.4 Å². The number of benzene rings is 1. The summed E-state index contributed by atoms with van der Waals surface area (Å²) in [6.45, 7) is 13.6. The van der Waals surface area contributed by atoms with Crippen molar-refractivity contribution in [2.45, 2.75) is 77.7 Å². The Balaban J connectivity index is 1.67. The number of pyridine rings is 1. The summed E-state index contributed by atoms with van der Waals surface area (Å²) in [5.41, 5.74) is 2.32. The second-order valence-electron chi connectivity index (χ2n) is 9.93. The van der Waals surface area contributed by atoms with Crippen molar-refractivity contribution in [3.05, 3.63) is 47.8 Å². The molecule has 6 nitrogen and oxygen atoms in total. The van der Waals surface area contributed by atoms with Gasteiger partial charge in [0.1, 0.15) is 5.75 Å². The van der Waals surface area contributed by atoms with Crippen LogP contribution in [0.5, 0.6) is 17.2 Å². The van der Waals surface area contributed by atoms with Gasteiger partial charge in [-0.2, -0.15) is 0 Å². The van der Waals surface area contributed by atoms with Gasteiger partial charge in [-0.3, -0.25) is 9.88 Å². The lowest BCUT2D eigenvalue weighted by Gasteiger charge is -2.49. The number of nitrogens with zero attached hydrogens (tertiary/aromatic N) is 2. The first-order valence-corrected chi connectivity index (χ1v) is 11.2. The quantitative estimate of drug-likeness (QED) is 0.704. The molecular formula is C25H35N3O3. The van der Waals surface area contributed by atoms with Crippen LogP contribution in [0.25, 0.3) is 0 Å². The average molecular weight is 426 g/mol. The Morgan fingerprint density at radius 1 is 1.06 bits per heavy atom. The van der Waals surface area contributed by atoms with E-state index >= 15 is 0 Å². The van der Waals surface area contributed by atoms with Crippen molar-refractivity contribution >= 4 is 0 Å². The van der Waals surface area contributed by atoms with Crippen molar-refractivity contribution in [2.24, 2.45) is 0 Å². The van der Waals surface area contributed by atoms with Gasteiger partial charge in [-0.25, -0.2) is 0 Å². The molecule has 1 aromatic heterocycles. The van der Waals surface area contributed by atoms with E-state index in [1.54, 1.807) is 0 Å². The van der Waals surface area contributed by atoms with Crippen molar-refractivity contribution in [1.29, 1.82) is 0 Å². The summed E-state index contributed by atoms with van der Waals surface area (Å²) in [5.74, 6) is 2.42. The first kappa shape index (κ1) is 21.9. The molecular weight excluding hydrogens is 390 g/mol. The zero-order valence-corrected chi connectivity index (χ0v) is 19.4. The Morgan fingerprint density at radius 3 is 2.42 bits per heavy atom. The fraction of sp³-hybridized carbons (Fsp3) is 0.560. The maximum atomic E-state index is 5.99. The van der Waals surface area contributed by atoms with E-state index in [2.05, 4.69) is 61.1 Å². The number of ether oxygens (including phenoxy) is 3. The number of hydrogen-bond acceptors (Lipinski definition) is 6. The molecule has 1 saturated heterocycles. The highest BCUT2D eigenvalue weighted by Crippen LogP contribution is 2.40. The molecule has 2 aliphatic heterocycles. The van der Waals surface area contributed by atoms with Crippen LogP contribution in [0.3, 0.4) is 0 Å². The molecule has 0 bridgehead atoms. The Bertz CT molecular complexity index is 882. The van der Waals surface area contributed by atoms with Gasteiger partial charge in [-0.05, 0) is 65.7 Å². The molecule has 0 atom stereocenters. The van der Waals surface area contributed by atoms with Crippen LogP contribution in [-0.4, -0.2) is 40.4 Å². The molecule has 4 rings (SSSR count). The molecule has 31 heavy (non-hydrogen) atoms. The van der Waals surface area contributed by atoms with Crippen LogP contribution < -0.4 is 19.5 Å². The molecule has 0 spiro atoms. The smallest absolute Gasteiger partial charge is 0.231 e. The maximum absolute atomic E-state index is 5.99. The molecule has 0 aliphatic carbocycles. The molecule has 3 heterocycles. The number of fused-ring (bicyclic) bond motifs is 1. The highest BCUT2D eigenvalue weighted by molar-refractivity contribution is 5.52. The van der Waals surface area contributed by atoms with Gasteiger partial charge < -0.3 is 19.5 Å². The Labute approximate surface area is 185 Å². The lowest BCUT2D eigenvalue weighted by molar-refractivity contribution is 0.0550. The zero-order valence-electron chi connectivity index (χ0n) is 19.4. The van der Waals surface area contributed by atoms with Crippen LogP contribution >= 0.6 is 0 Å². The zero-order chi connectivity index (χ0) is 22.1. The predicted octanol–water partition coefficient (Wildman–Crippen LogP) is 4.52. The van der Waals surface area contributed by atoms with Crippen molar-refractivity contribution in [3.63, 3.8) is 0 Å². The third-order valence-corrected chi connectivity index (χ3v) is 6.01. The van der Waals surface area contributed by atoms with Gasteiger partial charge in [0.15, 0.2) is 11.5 Å². The minimum atomic E-state index is 0.0619. The maximum Gasteiger partial charge on any atom is 0.231 e. The van der Waals surface area contributed by atoms with Crippen molar-refractivity contribution in [3.8, 4) is 17.2 Å². The number of nitrogens with one attached hydrogen (secondary N) is 1. The Kier molecular flexibility index (Phi) is 6.13. The molecule has 0 amide bonds. The van der Waals surface area contributed by atoms with Gasteiger partial charge in [0.2, 0.25) is 6.79 Å². The summed E-state index contributed by atoms with van der Waals surface area (Å²) in [4.78, 5) is 7.16. The highest BCUT2D eigenvalue weighted by atomic mass is 16.7. The summed E-state index contributed by atoms with van der Waals surface area (Å²) in [6.07, 6.45) is 4.01. The van der Waals surface area contributed by atoms with E-state index in [1.165, 1.54) is 0 Å². The second kappa shape index (κ2) is 8.67. The predicted molar refractivity (Wildman–Crippen MR) is 122 cm³/mol. The SMILES string of the molecule is CCOc1cc2c(cc1CN(Cc1ccccn1)C1CC(C)(C)NC(C)(C)C1)OCO2. The Hall–Kier alpha value is -2.31. The number of hydrogen-bond donors (Lipinski definition) is 1. The van der Waals surface area contributed by atoms with Gasteiger partial charge in [-0.15, -0.1) is 0 Å². The fourth-order valence-electron chi connectivity index (χ4n) is 5.14. The van der Waals surface area contributed by atoms with Gasteiger partial charge >= 0.3 is 0 Å². The number of rotatable bonds is 7. The lowest BCUT2D eigenvalue weighted by atomic mass is 9.79. The van der Waals surface area contributed by atoms with Crippen LogP contribution in [0, 0.1) is 0 Å². The fourth-order valence-corrected chi connectivity index (χ4v) is 5.14. The highest BCUT2D eigenvalue weighted by Gasteiger charge is 2.40. The molecule has 1 fully saturated rings. The standard InChI is InChI=1S/C25H35N3O3/c1-6-29-21-12-23-22(30-17-31-23)11-18(21)15-28(16-19-9-7-8-10-26-19)20-13-24(2,3)27-25(4,5)14-20/h7-12,20,27H,6,13-17H2,1-5H3. The molecule has 1 aromatic carbocycles. The van der Waals surface area contributed by atoms with Crippen molar-refractivity contribution in [1.82, 2.24) is 15.2 Å². The minimum Gasteiger partial charge on any atom is -0.493 e. The van der Waals surface area contributed by atoms with Crippen LogP contribution in [0.4, 0.5) is 0 Å². The lowest BCUT2D eigenvalue weighted by Crippen LogP contribution is -2.62. The molecule has 2 aliphatic rings. The molecule has 1 N–H and O–H groups in total. The molecule has 168 valence electrons. The summed E-state index contributed by atoms with van der Waals surface area (Å²) in [5, 5.41) is 3.81. The topological polar surface area (TPSA) is 55.9 Å². The molecule has 2 aromatic rings. The van der Waals surface area contributed by atoms with Gasteiger partial charge in [0.25, 0.3) is 0 Å². The van der Waals surface area contributed by atoms with E-state index in [9.17, 15) is 0 Å². The summed E-state index contributed by atoms with van der Waals surface area (Å²) in [6, 6.07) is 10.6. The first-order valence-electron chi connectivity index (χ1n) is 11.2. The van der Waals surface area contributed by atoms with E-state index in [4.69, 9.17) is 14.2 Å². The van der Waals surface area contributed by atoms with Crippen LogP contribution in [0.15, 0.2) is 36.5 Å². The summed E-state index contributed by atoms with van der Waals surface area (Å²) < 4.78 is 17.2. The van der Waals surface area contributed by atoms with Crippen molar-refractivity contribution in [2.75, 3.05) is 13.4 Å². The molecule has 6 heteroatoms. The number of aromatic nitrogens is 1. The van der Waals surface area contributed by atoms with Crippen LogP contribution in [0.1, 0.15) is 58.7 Å². The monoisotopic (exact) mass is 425 g/mol.